The van der Waals surface area contributed by atoms with Gasteiger partial charge >= 0.3 is 5.97 Å². The Labute approximate surface area is 118 Å². The van der Waals surface area contributed by atoms with Crippen LogP contribution in [0.1, 0.15) is 32.1 Å². The number of para-hydroxylation sites is 1. The highest BCUT2D eigenvalue weighted by Gasteiger charge is 2.40. The second-order valence-corrected chi connectivity index (χ2v) is 5.22. The van der Waals surface area contributed by atoms with Crippen molar-refractivity contribution in [1.82, 2.24) is 5.32 Å². The molecule has 0 saturated heterocycles. The molecule has 2 rings (SSSR count). The minimum Gasteiger partial charge on any atom is -0.480 e. The first-order valence-electron chi connectivity index (χ1n) is 6.96. The zero-order valence-corrected chi connectivity index (χ0v) is 11.4. The second kappa shape index (κ2) is 6.41. The first kappa shape index (κ1) is 14.4. The van der Waals surface area contributed by atoms with Gasteiger partial charge in [0, 0.05) is 5.69 Å². The Hall–Kier alpha value is -2.04. The number of carboxylic acid groups (broad SMARTS) is 1. The largest absolute Gasteiger partial charge is 0.480 e. The van der Waals surface area contributed by atoms with Gasteiger partial charge < -0.3 is 15.7 Å². The smallest absolute Gasteiger partial charge is 0.329 e. The molecule has 0 aromatic heterocycles. The first-order chi connectivity index (χ1) is 9.62. The van der Waals surface area contributed by atoms with Gasteiger partial charge in [0.2, 0.25) is 5.91 Å². The zero-order valence-electron chi connectivity index (χ0n) is 11.4. The maximum atomic E-state index is 12.0. The van der Waals surface area contributed by atoms with Crippen molar-refractivity contribution < 1.29 is 14.7 Å². The molecule has 0 bridgehead atoms. The van der Waals surface area contributed by atoms with Gasteiger partial charge in [0.25, 0.3) is 0 Å². The Balaban J connectivity index is 1.90. The fourth-order valence-corrected chi connectivity index (χ4v) is 2.60. The lowest BCUT2D eigenvalue weighted by molar-refractivity contribution is -0.149. The molecule has 5 nitrogen and oxygen atoms in total. The van der Waals surface area contributed by atoms with Crippen LogP contribution in [0.3, 0.4) is 0 Å². The SMILES string of the molecule is O=C(CNc1ccccc1)NC1(C(=O)O)CCCCC1. The number of carbonyl (C=O) groups excluding carboxylic acids is 1. The summed E-state index contributed by atoms with van der Waals surface area (Å²) in [5.41, 5.74) is -0.232. The Kier molecular flexibility index (Phi) is 4.61. The van der Waals surface area contributed by atoms with Crippen LogP contribution in [0.5, 0.6) is 0 Å². The summed E-state index contributed by atoms with van der Waals surface area (Å²) in [6, 6.07) is 9.37. The quantitative estimate of drug-likeness (QED) is 0.768. The summed E-state index contributed by atoms with van der Waals surface area (Å²) in [6.45, 7) is 0.0824. The number of hydrogen-bond acceptors (Lipinski definition) is 3. The molecule has 0 atom stereocenters. The molecule has 1 fully saturated rings. The van der Waals surface area contributed by atoms with E-state index in [1.807, 2.05) is 30.3 Å². The van der Waals surface area contributed by atoms with Gasteiger partial charge in [-0.25, -0.2) is 4.79 Å². The summed E-state index contributed by atoms with van der Waals surface area (Å²) in [5.74, 6) is -1.21. The molecule has 0 unspecified atom stereocenters. The van der Waals surface area contributed by atoms with Crippen LogP contribution in [-0.2, 0) is 9.59 Å². The average Bonchev–Trinajstić information content (AvgIpc) is 2.47. The number of amides is 1. The number of anilines is 1. The molecule has 1 aliphatic rings. The zero-order chi connectivity index (χ0) is 14.4. The van der Waals surface area contributed by atoms with E-state index in [-0.39, 0.29) is 12.5 Å². The van der Waals surface area contributed by atoms with Crippen LogP contribution >= 0.6 is 0 Å². The van der Waals surface area contributed by atoms with Crippen LogP contribution in [0.4, 0.5) is 5.69 Å². The predicted octanol–water partition coefficient (Wildman–Crippen LogP) is 2.00. The summed E-state index contributed by atoms with van der Waals surface area (Å²) in [7, 11) is 0. The van der Waals surface area contributed by atoms with Crippen LogP contribution in [0.2, 0.25) is 0 Å². The van der Waals surface area contributed by atoms with E-state index in [2.05, 4.69) is 10.6 Å². The maximum Gasteiger partial charge on any atom is 0.329 e. The van der Waals surface area contributed by atoms with Gasteiger partial charge in [-0.05, 0) is 25.0 Å². The van der Waals surface area contributed by atoms with E-state index in [1.54, 1.807) is 0 Å². The molecule has 0 radical (unpaired) electrons. The molecule has 1 aromatic rings. The summed E-state index contributed by atoms with van der Waals surface area (Å²) < 4.78 is 0. The standard InChI is InChI=1S/C15H20N2O3/c18-13(11-16-12-7-3-1-4-8-12)17-15(14(19)20)9-5-2-6-10-15/h1,3-4,7-8,16H,2,5-6,9-11H2,(H,17,18)(H,19,20). The minimum atomic E-state index is -1.08. The van der Waals surface area contributed by atoms with E-state index in [1.165, 1.54) is 0 Å². The third-order valence-corrected chi connectivity index (χ3v) is 3.72. The summed E-state index contributed by atoms with van der Waals surface area (Å²) in [6.07, 6.45) is 3.75. The lowest BCUT2D eigenvalue weighted by Crippen LogP contribution is -2.56. The molecular formula is C15H20N2O3. The normalized spacial score (nSPS) is 17.2. The Morgan fingerprint density at radius 1 is 1.10 bits per heavy atom. The Bertz CT molecular complexity index is 467. The van der Waals surface area contributed by atoms with Crippen LogP contribution in [0.15, 0.2) is 30.3 Å². The van der Waals surface area contributed by atoms with Gasteiger partial charge in [-0.3, -0.25) is 4.79 Å². The second-order valence-electron chi connectivity index (χ2n) is 5.22. The topological polar surface area (TPSA) is 78.4 Å². The van der Waals surface area contributed by atoms with Gasteiger partial charge in [0.1, 0.15) is 5.54 Å². The Morgan fingerprint density at radius 2 is 1.75 bits per heavy atom. The summed E-state index contributed by atoms with van der Waals surface area (Å²) in [5, 5.41) is 15.1. The summed E-state index contributed by atoms with van der Waals surface area (Å²) >= 11 is 0. The fourth-order valence-electron chi connectivity index (χ4n) is 2.60. The number of benzene rings is 1. The van der Waals surface area contributed by atoms with Crippen molar-refractivity contribution >= 4 is 17.6 Å². The molecule has 1 saturated carbocycles. The Morgan fingerprint density at radius 3 is 2.35 bits per heavy atom. The molecule has 108 valence electrons. The van der Waals surface area contributed by atoms with E-state index in [9.17, 15) is 14.7 Å². The molecule has 1 aromatic carbocycles. The van der Waals surface area contributed by atoms with Gasteiger partial charge in [-0.2, -0.15) is 0 Å². The van der Waals surface area contributed by atoms with Crippen molar-refractivity contribution in [2.45, 2.75) is 37.6 Å². The van der Waals surface area contributed by atoms with Gasteiger partial charge in [0.15, 0.2) is 0 Å². The molecule has 1 amide bonds. The molecule has 0 aliphatic heterocycles. The highest BCUT2D eigenvalue weighted by atomic mass is 16.4. The lowest BCUT2D eigenvalue weighted by Gasteiger charge is -2.34. The molecule has 20 heavy (non-hydrogen) atoms. The van der Waals surface area contributed by atoms with Crippen LogP contribution in [0, 0.1) is 0 Å². The van der Waals surface area contributed by atoms with E-state index in [0.717, 1.165) is 24.9 Å². The number of nitrogens with one attached hydrogen (secondary N) is 2. The molecular weight excluding hydrogens is 256 g/mol. The van der Waals surface area contributed by atoms with E-state index < -0.39 is 11.5 Å². The van der Waals surface area contributed by atoms with Crippen molar-refractivity contribution in [3.63, 3.8) is 0 Å². The van der Waals surface area contributed by atoms with E-state index in [0.29, 0.717) is 12.8 Å². The van der Waals surface area contributed by atoms with Crippen LogP contribution < -0.4 is 10.6 Å². The van der Waals surface area contributed by atoms with E-state index in [4.69, 9.17) is 0 Å². The lowest BCUT2D eigenvalue weighted by atomic mass is 9.81. The first-order valence-corrected chi connectivity index (χ1v) is 6.96. The monoisotopic (exact) mass is 276 g/mol. The maximum absolute atomic E-state index is 12.0. The van der Waals surface area contributed by atoms with Crippen molar-refractivity contribution in [1.29, 1.82) is 0 Å². The minimum absolute atomic E-state index is 0.0824. The van der Waals surface area contributed by atoms with Crippen LogP contribution in [0.25, 0.3) is 0 Å². The third-order valence-electron chi connectivity index (χ3n) is 3.72. The number of aliphatic carboxylic acids is 1. The molecule has 5 heteroatoms. The van der Waals surface area contributed by atoms with Gasteiger partial charge in [0.05, 0.1) is 6.54 Å². The van der Waals surface area contributed by atoms with Gasteiger partial charge in [-0.1, -0.05) is 37.5 Å². The van der Waals surface area contributed by atoms with Crippen molar-refractivity contribution in [3.05, 3.63) is 30.3 Å². The average molecular weight is 276 g/mol. The van der Waals surface area contributed by atoms with Gasteiger partial charge in [-0.15, -0.1) is 0 Å². The van der Waals surface area contributed by atoms with Crippen molar-refractivity contribution in [3.8, 4) is 0 Å². The summed E-state index contributed by atoms with van der Waals surface area (Å²) in [4.78, 5) is 23.4. The van der Waals surface area contributed by atoms with Crippen molar-refractivity contribution in [2.24, 2.45) is 0 Å². The molecule has 0 spiro atoms. The number of rotatable bonds is 5. The van der Waals surface area contributed by atoms with Crippen molar-refractivity contribution in [2.75, 3.05) is 11.9 Å². The predicted molar refractivity (Wildman–Crippen MR) is 76.5 cm³/mol. The number of hydrogen-bond donors (Lipinski definition) is 3. The fraction of sp³-hybridized carbons (Fsp3) is 0.467. The molecule has 1 aliphatic carbocycles. The number of carbonyl (C=O) groups is 2. The van der Waals surface area contributed by atoms with Crippen LogP contribution in [-0.4, -0.2) is 29.1 Å². The highest BCUT2D eigenvalue weighted by molar-refractivity contribution is 5.89. The molecule has 0 heterocycles. The van der Waals surface area contributed by atoms with E-state index >= 15 is 0 Å². The number of carboxylic acids is 1. The highest BCUT2D eigenvalue weighted by Crippen LogP contribution is 2.28. The molecule has 3 N–H and O–H groups in total. The third kappa shape index (κ3) is 3.50.